The van der Waals surface area contributed by atoms with Gasteiger partial charge in [0.15, 0.2) is 6.61 Å². The molecule has 1 atom stereocenters. The molecule has 0 aromatic heterocycles. The zero-order valence-corrected chi connectivity index (χ0v) is 14.7. The predicted octanol–water partition coefficient (Wildman–Crippen LogP) is 4.52. The maximum absolute atomic E-state index is 12.1. The molecule has 0 aliphatic heterocycles. The van der Waals surface area contributed by atoms with Crippen LogP contribution in [0.2, 0.25) is 5.02 Å². The standard InChI is InChI=1S/C19H22ClNO2/c1-12-9-14(3)18(10-13(12)2)15(4)21-19(22)11-23-17-7-5-16(20)6-8-17/h5-10,15H,11H2,1-4H3,(H,21,22)/t15-/m1/s1. The number of carbonyl (C=O) groups is 1. The number of amides is 1. The molecule has 2 rings (SSSR count). The quantitative estimate of drug-likeness (QED) is 0.874. The molecule has 1 N–H and O–H groups in total. The first-order valence-electron chi connectivity index (χ1n) is 7.62. The van der Waals surface area contributed by atoms with Gasteiger partial charge in [-0.1, -0.05) is 23.7 Å². The zero-order chi connectivity index (χ0) is 17.0. The predicted molar refractivity (Wildman–Crippen MR) is 94.2 cm³/mol. The van der Waals surface area contributed by atoms with E-state index in [1.165, 1.54) is 16.7 Å². The van der Waals surface area contributed by atoms with Crippen LogP contribution >= 0.6 is 11.6 Å². The van der Waals surface area contributed by atoms with Crippen LogP contribution in [0, 0.1) is 20.8 Å². The average molecular weight is 332 g/mol. The number of rotatable bonds is 5. The molecular weight excluding hydrogens is 310 g/mol. The minimum absolute atomic E-state index is 0.0180. The molecule has 1 amide bonds. The summed E-state index contributed by atoms with van der Waals surface area (Å²) in [7, 11) is 0. The van der Waals surface area contributed by atoms with Crippen molar-refractivity contribution in [2.75, 3.05) is 6.61 Å². The molecule has 0 bridgehead atoms. The molecule has 2 aromatic carbocycles. The fraction of sp³-hybridized carbons (Fsp3) is 0.316. The maximum Gasteiger partial charge on any atom is 0.258 e. The first-order valence-corrected chi connectivity index (χ1v) is 8.00. The van der Waals surface area contributed by atoms with Crippen LogP contribution in [0.25, 0.3) is 0 Å². The normalized spacial score (nSPS) is 11.9. The van der Waals surface area contributed by atoms with Crippen molar-refractivity contribution in [3.05, 3.63) is 63.7 Å². The second kappa shape index (κ2) is 7.51. The first-order chi connectivity index (χ1) is 10.9. The summed E-state index contributed by atoms with van der Waals surface area (Å²) in [5.74, 6) is 0.477. The Morgan fingerprint density at radius 1 is 1.09 bits per heavy atom. The van der Waals surface area contributed by atoms with Crippen LogP contribution in [0.3, 0.4) is 0 Å². The minimum Gasteiger partial charge on any atom is -0.484 e. The Morgan fingerprint density at radius 2 is 1.70 bits per heavy atom. The fourth-order valence-electron chi connectivity index (χ4n) is 2.49. The Balaban J connectivity index is 1.94. The first kappa shape index (κ1) is 17.4. The van der Waals surface area contributed by atoms with Gasteiger partial charge in [-0.2, -0.15) is 0 Å². The smallest absolute Gasteiger partial charge is 0.258 e. The van der Waals surface area contributed by atoms with Crippen molar-refractivity contribution in [3.63, 3.8) is 0 Å². The molecule has 4 heteroatoms. The lowest BCUT2D eigenvalue weighted by atomic mass is 9.96. The fourth-order valence-corrected chi connectivity index (χ4v) is 2.62. The third-order valence-corrected chi connectivity index (χ3v) is 4.16. The largest absolute Gasteiger partial charge is 0.484 e. The molecule has 0 unspecified atom stereocenters. The van der Waals surface area contributed by atoms with E-state index in [0.29, 0.717) is 10.8 Å². The molecular formula is C19H22ClNO2. The second-order valence-corrected chi connectivity index (χ2v) is 6.26. The van der Waals surface area contributed by atoms with E-state index < -0.39 is 0 Å². The van der Waals surface area contributed by atoms with E-state index in [2.05, 4.69) is 38.2 Å². The average Bonchev–Trinajstić information content (AvgIpc) is 2.50. The molecule has 122 valence electrons. The molecule has 0 heterocycles. The third kappa shape index (κ3) is 4.73. The van der Waals surface area contributed by atoms with Gasteiger partial charge in [0.2, 0.25) is 0 Å². The van der Waals surface area contributed by atoms with Gasteiger partial charge in [-0.15, -0.1) is 0 Å². The summed E-state index contributed by atoms with van der Waals surface area (Å²) in [4.78, 5) is 12.1. The van der Waals surface area contributed by atoms with E-state index in [1.807, 2.05) is 6.92 Å². The van der Waals surface area contributed by atoms with Crippen LogP contribution in [0.15, 0.2) is 36.4 Å². The maximum atomic E-state index is 12.1. The second-order valence-electron chi connectivity index (χ2n) is 5.82. The number of halogens is 1. The molecule has 0 radical (unpaired) electrons. The van der Waals surface area contributed by atoms with E-state index in [4.69, 9.17) is 16.3 Å². The molecule has 0 aliphatic carbocycles. The number of hydrogen-bond acceptors (Lipinski definition) is 2. The highest BCUT2D eigenvalue weighted by Crippen LogP contribution is 2.21. The molecule has 23 heavy (non-hydrogen) atoms. The monoisotopic (exact) mass is 331 g/mol. The molecule has 0 fully saturated rings. The highest BCUT2D eigenvalue weighted by atomic mass is 35.5. The Labute approximate surface area is 142 Å². The summed E-state index contributed by atoms with van der Waals surface area (Å²) in [5, 5.41) is 3.61. The summed E-state index contributed by atoms with van der Waals surface area (Å²) in [5.41, 5.74) is 4.80. The van der Waals surface area contributed by atoms with Crippen molar-refractivity contribution in [1.29, 1.82) is 0 Å². The van der Waals surface area contributed by atoms with E-state index >= 15 is 0 Å². The van der Waals surface area contributed by atoms with Crippen molar-refractivity contribution in [1.82, 2.24) is 5.32 Å². The van der Waals surface area contributed by atoms with Gasteiger partial charge < -0.3 is 10.1 Å². The van der Waals surface area contributed by atoms with Crippen LogP contribution in [-0.4, -0.2) is 12.5 Å². The van der Waals surface area contributed by atoms with E-state index in [0.717, 1.165) is 5.56 Å². The Morgan fingerprint density at radius 3 is 2.35 bits per heavy atom. The highest BCUT2D eigenvalue weighted by molar-refractivity contribution is 6.30. The SMILES string of the molecule is Cc1cc(C)c([C@@H](C)NC(=O)COc2ccc(Cl)cc2)cc1C. The number of hydrogen-bond donors (Lipinski definition) is 1. The number of ether oxygens (including phenoxy) is 1. The summed E-state index contributed by atoms with van der Waals surface area (Å²) < 4.78 is 5.46. The minimum atomic E-state index is -0.148. The van der Waals surface area contributed by atoms with Crippen LogP contribution < -0.4 is 10.1 Å². The highest BCUT2D eigenvalue weighted by Gasteiger charge is 2.13. The van der Waals surface area contributed by atoms with Crippen molar-refractivity contribution < 1.29 is 9.53 Å². The van der Waals surface area contributed by atoms with Gasteiger partial charge in [-0.25, -0.2) is 0 Å². The number of nitrogens with one attached hydrogen (secondary N) is 1. The van der Waals surface area contributed by atoms with Gasteiger partial charge >= 0.3 is 0 Å². The lowest BCUT2D eigenvalue weighted by Crippen LogP contribution is -2.31. The number of carbonyl (C=O) groups excluding carboxylic acids is 1. The number of benzene rings is 2. The van der Waals surface area contributed by atoms with Crippen molar-refractivity contribution in [3.8, 4) is 5.75 Å². The lowest BCUT2D eigenvalue weighted by molar-refractivity contribution is -0.123. The van der Waals surface area contributed by atoms with Gasteiger partial charge in [0.25, 0.3) is 5.91 Å². The van der Waals surface area contributed by atoms with Crippen LogP contribution in [0.5, 0.6) is 5.75 Å². The number of aryl methyl sites for hydroxylation is 3. The van der Waals surface area contributed by atoms with E-state index in [9.17, 15) is 4.79 Å². The van der Waals surface area contributed by atoms with Crippen molar-refractivity contribution >= 4 is 17.5 Å². The molecule has 0 aliphatic rings. The summed E-state index contributed by atoms with van der Waals surface area (Å²) in [6.45, 7) is 8.20. The molecule has 2 aromatic rings. The lowest BCUT2D eigenvalue weighted by Gasteiger charge is -2.18. The summed E-state index contributed by atoms with van der Waals surface area (Å²) in [6, 6.07) is 11.2. The Bertz CT molecular complexity index is 695. The molecule has 0 saturated heterocycles. The molecule has 0 saturated carbocycles. The van der Waals surface area contributed by atoms with Crippen molar-refractivity contribution in [2.45, 2.75) is 33.7 Å². The van der Waals surface area contributed by atoms with Crippen LogP contribution in [0.1, 0.15) is 35.2 Å². The Hall–Kier alpha value is -2.00. The van der Waals surface area contributed by atoms with Gasteiger partial charge in [-0.05, 0) is 74.2 Å². The van der Waals surface area contributed by atoms with Crippen molar-refractivity contribution in [2.24, 2.45) is 0 Å². The van der Waals surface area contributed by atoms with Gasteiger partial charge in [0, 0.05) is 5.02 Å². The van der Waals surface area contributed by atoms with Gasteiger partial charge in [-0.3, -0.25) is 4.79 Å². The molecule has 0 spiro atoms. The Kier molecular flexibility index (Phi) is 5.67. The molecule has 3 nitrogen and oxygen atoms in total. The van der Waals surface area contributed by atoms with E-state index in [-0.39, 0.29) is 18.6 Å². The van der Waals surface area contributed by atoms with Crippen LogP contribution in [0.4, 0.5) is 0 Å². The van der Waals surface area contributed by atoms with Gasteiger partial charge in [0.1, 0.15) is 5.75 Å². The third-order valence-electron chi connectivity index (χ3n) is 3.91. The summed E-state index contributed by atoms with van der Waals surface area (Å²) in [6.07, 6.45) is 0. The van der Waals surface area contributed by atoms with Crippen LogP contribution in [-0.2, 0) is 4.79 Å². The zero-order valence-electron chi connectivity index (χ0n) is 13.9. The topological polar surface area (TPSA) is 38.3 Å². The summed E-state index contributed by atoms with van der Waals surface area (Å²) >= 11 is 5.81. The van der Waals surface area contributed by atoms with Gasteiger partial charge in [0.05, 0.1) is 6.04 Å². The van der Waals surface area contributed by atoms with E-state index in [1.54, 1.807) is 24.3 Å².